The Morgan fingerprint density at radius 2 is 1.88 bits per heavy atom. The zero-order valence-electron chi connectivity index (χ0n) is 9.69. The molecule has 0 aliphatic carbocycles. The van der Waals surface area contributed by atoms with Crippen LogP contribution in [0.2, 0.25) is 0 Å². The molecule has 1 aromatic carbocycles. The van der Waals surface area contributed by atoms with Crippen molar-refractivity contribution < 1.29 is 14.7 Å². The van der Waals surface area contributed by atoms with Gasteiger partial charge < -0.3 is 15.7 Å². The first-order valence-corrected chi connectivity index (χ1v) is 5.37. The fraction of sp³-hybridized carbons (Fsp3) is 0.333. The summed E-state index contributed by atoms with van der Waals surface area (Å²) in [6.45, 7) is 0.265. The highest BCUT2D eigenvalue weighted by Crippen LogP contribution is 2.10. The van der Waals surface area contributed by atoms with Crippen LogP contribution < -0.4 is 10.6 Å². The molecular weight excluding hydrogens is 220 g/mol. The normalized spacial score (nSPS) is 9.94. The summed E-state index contributed by atoms with van der Waals surface area (Å²) in [6, 6.07) is 7.17. The van der Waals surface area contributed by atoms with Gasteiger partial charge >= 0.3 is 5.97 Å². The molecule has 0 heterocycles. The molecule has 0 saturated heterocycles. The van der Waals surface area contributed by atoms with Crippen molar-refractivity contribution in [2.24, 2.45) is 0 Å². The molecule has 0 aromatic heterocycles. The molecule has 5 nitrogen and oxygen atoms in total. The maximum atomic E-state index is 11.3. The molecule has 0 saturated carbocycles. The van der Waals surface area contributed by atoms with Crippen LogP contribution in [0.25, 0.3) is 0 Å². The summed E-state index contributed by atoms with van der Waals surface area (Å²) in [4.78, 5) is 21.7. The maximum absolute atomic E-state index is 11.3. The number of benzene rings is 1. The Labute approximate surface area is 99.8 Å². The van der Waals surface area contributed by atoms with Crippen LogP contribution in [0, 0.1) is 0 Å². The molecule has 17 heavy (non-hydrogen) atoms. The summed E-state index contributed by atoms with van der Waals surface area (Å²) in [5.41, 5.74) is 1.66. The van der Waals surface area contributed by atoms with Crippen molar-refractivity contribution in [3.63, 3.8) is 0 Å². The van der Waals surface area contributed by atoms with E-state index in [1.165, 1.54) is 0 Å². The number of carbonyl (C=O) groups excluding carboxylic acids is 1. The molecule has 92 valence electrons. The third-order valence-corrected chi connectivity index (χ3v) is 2.20. The lowest BCUT2D eigenvalue weighted by molar-refractivity contribution is -0.137. The number of rotatable bonds is 6. The van der Waals surface area contributed by atoms with Gasteiger partial charge in [0.15, 0.2) is 0 Å². The predicted octanol–water partition coefficient (Wildman–Crippen LogP) is 0.862. The van der Waals surface area contributed by atoms with Gasteiger partial charge in [-0.15, -0.1) is 0 Å². The fourth-order valence-electron chi connectivity index (χ4n) is 1.37. The van der Waals surface area contributed by atoms with Gasteiger partial charge in [0.05, 0.1) is 6.54 Å². The smallest absolute Gasteiger partial charge is 0.303 e. The molecular formula is C12H16N2O3. The molecule has 0 unspecified atom stereocenters. The summed E-state index contributed by atoms with van der Waals surface area (Å²) < 4.78 is 0. The van der Waals surface area contributed by atoms with Crippen LogP contribution in [0.1, 0.15) is 12.0 Å². The highest BCUT2D eigenvalue weighted by Gasteiger charge is 2.02. The van der Waals surface area contributed by atoms with Crippen LogP contribution in [0.4, 0.5) is 5.69 Å². The molecule has 0 aliphatic rings. The van der Waals surface area contributed by atoms with Crippen LogP contribution in [0.5, 0.6) is 0 Å². The van der Waals surface area contributed by atoms with Crippen LogP contribution in [0.3, 0.4) is 0 Å². The molecule has 1 amide bonds. The zero-order valence-corrected chi connectivity index (χ0v) is 9.69. The molecule has 1 rings (SSSR count). The number of aliphatic carboxylic acids is 1. The Kier molecular flexibility index (Phi) is 5.16. The first-order valence-electron chi connectivity index (χ1n) is 5.37. The highest BCUT2D eigenvalue weighted by molar-refractivity contribution is 5.92. The minimum Gasteiger partial charge on any atom is -0.481 e. The van der Waals surface area contributed by atoms with Gasteiger partial charge in [-0.2, -0.15) is 0 Å². The third kappa shape index (κ3) is 5.12. The van der Waals surface area contributed by atoms with E-state index in [2.05, 4.69) is 10.6 Å². The van der Waals surface area contributed by atoms with E-state index in [4.69, 9.17) is 5.11 Å². The number of carboxylic acid groups (broad SMARTS) is 1. The lowest BCUT2D eigenvalue weighted by Gasteiger charge is -2.05. The minimum atomic E-state index is -0.809. The quantitative estimate of drug-likeness (QED) is 0.684. The molecule has 0 spiro atoms. The predicted molar refractivity (Wildman–Crippen MR) is 65.0 cm³/mol. The van der Waals surface area contributed by atoms with Crippen LogP contribution in [-0.2, 0) is 16.0 Å². The van der Waals surface area contributed by atoms with Gasteiger partial charge in [0.25, 0.3) is 0 Å². The Bertz CT molecular complexity index is 387. The summed E-state index contributed by atoms with van der Waals surface area (Å²) >= 11 is 0. The largest absolute Gasteiger partial charge is 0.481 e. The molecule has 5 heteroatoms. The average molecular weight is 236 g/mol. The Morgan fingerprint density at radius 3 is 2.41 bits per heavy atom. The van der Waals surface area contributed by atoms with E-state index in [-0.39, 0.29) is 18.9 Å². The Hall–Kier alpha value is -1.88. The van der Waals surface area contributed by atoms with E-state index in [1.54, 1.807) is 19.2 Å². The van der Waals surface area contributed by atoms with Gasteiger partial charge in [-0.25, -0.2) is 0 Å². The average Bonchev–Trinajstić information content (AvgIpc) is 2.28. The second-order valence-electron chi connectivity index (χ2n) is 3.67. The van der Waals surface area contributed by atoms with Crippen LogP contribution >= 0.6 is 0 Å². The SMILES string of the molecule is CNCC(=O)Nc1ccc(CCC(=O)O)cc1. The van der Waals surface area contributed by atoms with Gasteiger partial charge in [0, 0.05) is 12.1 Å². The summed E-state index contributed by atoms with van der Waals surface area (Å²) in [6.07, 6.45) is 0.617. The first-order chi connectivity index (χ1) is 8.11. The molecule has 0 radical (unpaired) electrons. The molecule has 0 bridgehead atoms. The maximum Gasteiger partial charge on any atom is 0.303 e. The van der Waals surface area contributed by atoms with Crippen molar-refractivity contribution in [1.82, 2.24) is 5.32 Å². The number of anilines is 1. The number of hydrogen-bond donors (Lipinski definition) is 3. The Balaban J connectivity index is 2.49. The lowest BCUT2D eigenvalue weighted by Crippen LogP contribution is -2.24. The van der Waals surface area contributed by atoms with Crippen molar-refractivity contribution in [3.05, 3.63) is 29.8 Å². The third-order valence-electron chi connectivity index (χ3n) is 2.20. The molecule has 0 aliphatic heterocycles. The van der Waals surface area contributed by atoms with E-state index in [0.29, 0.717) is 12.1 Å². The number of nitrogens with one attached hydrogen (secondary N) is 2. The second-order valence-corrected chi connectivity index (χ2v) is 3.67. The summed E-state index contributed by atoms with van der Waals surface area (Å²) in [5.74, 6) is -0.915. The Morgan fingerprint density at radius 1 is 1.24 bits per heavy atom. The number of hydrogen-bond acceptors (Lipinski definition) is 3. The zero-order chi connectivity index (χ0) is 12.7. The van der Waals surface area contributed by atoms with Crippen molar-refractivity contribution >= 4 is 17.6 Å². The lowest BCUT2D eigenvalue weighted by atomic mass is 10.1. The molecule has 3 N–H and O–H groups in total. The molecule has 1 aromatic rings. The molecule has 0 atom stereocenters. The molecule has 0 fully saturated rings. The van der Waals surface area contributed by atoms with Crippen molar-refractivity contribution in [2.75, 3.05) is 18.9 Å². The highest BCUT2D eigenvalue weighted by atomic mass is 16.4. The number of carbonyl (C=O) groups is 2. The summed E-state index contributed by atoms with van der Waals surface area (Å²) in [7, 11) is 1.70. The topological polar surface area (TPSA) is 78.4 Å². The number of likely N-dealkylation sites (N-methyl/N-ethyl adjacent to an activating group) is 1. The van der Waals surface area contributed by atoms with Crippen molar-refractivity contribution in [2.45, 2.75) is 12.8 Å². The van der Waals surface area contributed by atoms with Gasteiger partial charge in [-0.05, 0) is 31.2 Å². The van der Waals surface area contributed by atoms with Gasteiger partial charge in [-0.3, -0.25) is 9.59 Å². The monoisotopic (exact) mass is 236 g/mol. The van der Waals surface area contributed by atoms with Crippen LogP contribution in [0.15, 0.2) is 24.3 Å². The van der Waals surface area contributed by atoms with Crippen molar-refractivity contribution in [3.8, 4) is 0 Å². The van der Waals surface area contributed by atoms with E-state index in [9.17, 15) is 9.59 Å². The van der Waals surface area contributed by atoms with Gasteiger partial charge in [0.2, 0.25) is 5.91 Å². The van der Waals surface area contributed by atoms with E-state index in [0.717, 1.165) is 5.56 Å². The van der Waals surface area contributed by atoms with Crippen molar-refractivity contribution in [1.29, 1.82) is 0 Å². The summed E-state index contributed by atoms with van der Waals surface area (Å²) in [5, 5.41) is 14.0. The minimum absolute atomic E-state index is 0.106. The van der Waals surface area contributed by atoms with E-state index < -0.39 is 5.97 Å². The number of carboxylic acids is 1. The first kappa shape index (κ1) is 13.2. The fourth-order valence-corrected chi connectivity index (χ4v) is 1.37. The van der Waals surface area contributed by atoms with Gasteiger partial charge in [-0.1, -0.05) is 12.1 Å². The van der Waals surface area contributed by atoms with Crippen LogP contribution in [-0.4, -0.2) is 30.6 Å². The van der Waals surface area contributed by atoms with E-state index in [1.807, 2.05) is 12.1 Å². The standard InChI is InChI=1S/C12H16N2O3/c1-13-8-11(15)14-10-5-2-9(3-6-10)4-7-12(16)17/h2-3,5-6,13H,4,7-8H2,1H3,(H,14,15)(H,16,17). The number of amides is 1. The van der Waals surface area contributed by atoms with E-state index >= 15 is 0 Å². The second kappa shape index (κ2) is 6.65. The number of aryl methyl sites for hydroxylation is 1. The van der Waals surface area contributed by atoms with Gasteiger partial charge in [0.1, 0.15) is 0 Å².